The molecule has 0 aliphatic rings. The van der Waals surface area contributed by atoms with E-state index in [9.17, 15) is 8.78 Å². The molecule has 0 aliphatic heterocycles. The molecule has 1 heterocycles. The number of hydrogen-bond acceptors (Lipinski definition) is 6. The number of alkyl halides is 2. The van der Waals surface area contributed by atoms with Gasteiger partial charge in [0, 0.05) is 18.1 Å². The van der Waals surface area contributed by atoms with Crippen LogP contribution < -0.4 is 9.54 Å². The van der Waals surface area contributed by atoms with Gasteiger partial charge >= 0.3 is 6.61 Å². The van der Waals surface area contributed by atoms with E-state index >= 15 is 0 Å². The summed E-state index contributed by atoms with van der Waals surface area (Å²) in [4.78, 5) is 5.18. The number of aromatic nitrogens is 1. The highest BCUT2D eigenvalue weighted by molar-refractivity contribution is 7.07. The highest BCUT2D eigenvalue weighted by atomic mass is 32.1. The van der Waals surface area contributed by atoms with Crippen molar-refractivity contribution in [1.82, 2.24) is 4.68 Å². The quantitative estimate of drug-likeness (QED) is 0.400. The van der Waals surface area contributed by atoms with Gasteiger partial charge in [0.05, 0.1) is 36.7 Å². The fourth-order valence-corrected chi connectivity index (χ4v) is 3.39. The summed E-state index contributed by atoms with van der Waals surface area (Å²) in [6.45, 7) is -1.92. The lowest BCUT2D eigenvalue weighted by molar-refractivity contribution is -0.0498. The molecule has 0 radical (unpaired) electrons. The maximum Gasteiger partial charge on any atom is 0.387 e. The van der Waals surface area contributed by atoms with E-state index in [4.69, 9.17) is 10.00 Å². The van der Waals surface area contributed by atoms with Gasteiger partial charge in [-0.25, -0.2) is 4.68 Å². The number of methoxy groups -OCH3 is 1. The second kappa shape index (κ2) is 10.4. The van der Waals surface area contributed by atoms with Crippen molar-refractivity contribution in [2.75, 3.05) is 20.3 Å². The largest absolute Gasteiger partial charge is 0.435 e. The van der Waals surface area contributed by atoms with Gasteiger partial charge in [-0.3, -0.25) is 4.99 Å². The second-order valence-corrected chi connectivity index (χ2v) is 6.81. The van der Waals surface area contributed by atoms with E-state index in [1.165, 1.54) is 23.5 Å². The number of hydrogen-bond donors (Lipinski definition) is 0. The van der Waals surface area contributed by atoms with Crippen LogP contribution in [0.3, 0.4) is 0 Å². The molecule has 30 heavy (non-hydrogen) atoms. The van der Waals surface area contributed by atoms with Crippen molar-refractivity contribution in [3.05, 3.63) is 69.8 Å². The summed E-state index contributed by atoms with van der Waals surface area (Å²) in [5.74, 6) is 0.0848. The zero-order valence-electron chi connectivity index (χ0n) is 16.0. The molecule has 0 unspecified atom stereocenters. The Kier molecular flexibility index (Phi) is 7.43. The topological polar surface area (TPSA) is 71.9 Å². The van der Waals surface area contributed by atoms with Crippen LogP contribution in [-0.2, 0) is 4.74 Å². The molecule has 0 saturated heterocycles. The van der Waals surface area contributed by atoms with Crippen molar-refractivity contribution in [3.63, 3.8) is 0 Å². The monoisotopic (exact) mass is 428 g/mol. The number of benzene rings is 2. The van der Waals surface area contributed by atoms with Crippen LogP contribution in [0.15, 0.2) is 64.0 Å². The van der Waals surface area contributed by atoms with Crippen molar-refractivity contribution in [3.8, 4) is 23.1 Å². The third-order valence-corrected chi connectivity index (χ3v) is 4.82. The molecular formula is C21H18F2N4O2S. The fourth-order valence-electron chi connectivity index (χ4n) is 2.53. The van der Waals surface area contributed by atoms with Crippen molar-refractivity contribution in [2.45, 2.75) is 6.61 Å². The number of nitrogens with zero attached hydrogens (tertiary/aromatic N) is 4. The Bertz CT molecular complexity index is 1100. The molecule has 6 nitrogen and oxygen atoms in total. The third kappa shape index (κ3) is 5.59. The Hall–Kier alpha value is -3.35. The summed E-state index contributed by atoms with van der Waals surface area (Å²) in [7, 11) is 1.61. The lowest BCUT2D eigenvalue weighted by Gasteiger charge is -2.07. The summed E-state index contributed by atoms with van der Waals surface area (Å²) in [6.07, 6.45) is 1.67. The standard InChI is InChI=1S/C21H18F2N4O2S/c1-28-11-10-25-21-27(26-13-16-4-2-15(12-24)3-5-16)19(14-30-21)17-6-8-18(9-7-17)29-20(22)23/h2-9,13-14,20H,10-11H2,1H3/b25-21?,26-13-. The number of halogens is 2. The van der Waals surface area contributed by atoms with Crippen molar-refractivity contribution >= 4 is 17.6 Å². The van der Waals surface area contributed by atoms with Crippen LogP contribution in [0.2, 0.25) is 0 Å². The Morgan fingerprint density at radius 2 is 1.90 bits per heavy atom. The molecule has 3 rings (SSSR count). The first-order chi connectivity index (χ1) is 14.6. The summed E-state index contributed by atoms with van der Waals surface area (Å²) in [6, 6.07) is 15.4. The first-order valence-electron chi connectivity index (χ1n) is 8.90. The Labute approximate surface area is 176 Å². The molecule has 0 spiro atoms. The molecule has 0 bridgehead atoms. The van der Waals surface area contributed by atoms with Crippen LogP contribution in [0, 0.1) is 11.3 Å². The highest BCUT2D eigenvalue weighted by Crippen LogP contribution is 2.24. The molecule has 0 N–H and O–H groups in total. The second-order valence-electron chi connectivity index (χ2n) is 5.97. The Morgan fingerprint density at radius 3 is 2.53 bits per heavy atom. The summed E-state index contributed by atoms with van der Waals surface area (Å²) >= 11 is 1.41. The number of ether oxygens (including phenoxy) is 2. The smallest absolute Gasteiger partial charge is 0.387 e. The molecule has 3 aromatic rings. The fraction of sp³-hybridized carbons (Fsp3) is 0.190. The number of nitriles is 1. The first kappa shape index (κ1) is 21.4. The van der Waals surface area contributed by atoms with E-state index in [1.807, 2.05) is 5.38 Å². The normalized spacial score (nSPS) is 11.9. The van der Waals surface area contributed by atoms with Crippen molar-refractivity contribution in [1.29, 1.82) is 5.26 Å². The van der Waals surface area contributed by atoms with E-state index in [0.29, 0.717) is 23.5 Å². The van der Waals surface area contributed by atoms with E-state index in [1.54, 1.807) is 54.4 Å². The molecule has 0 saturated carbocycles. The van der Waals surface area contributed by atoms with Crippen LogP contribution in [0.4, 0.5) is 8.78 Å². The van der Waals surface area contributed by atoms with Crippen LogP contribution in [0.1, 0.15) is 11.1 Å². The lowest BCUT2D eigenvalue weighted by atomic mass is 10.1. The van der Waals surface area contributed by atoms with Crippen LogP contribution >= 0.6 is 11.3 Å². The van der Waals surface area contributed by atoms with Gasteiger partial charge in [-0.15, -0.1) is 11.3 Å². The zero-order chi connectivity index (χ0) is 21.3. The van der Waals surface area contributed by atoms with Gasteiger partial charge < -0.3 is 9.47 Å². The maximum absolute atomic E-state index is 12.4. The molecule has 0 atom stereocenters. The average Bonchev–Trinajstić information content (AvgIpc) is 3.15. The van der Waals surface area contributed by atoms with E-state index in [0.717, 1.165) is 16.8 Å². The minimum atomic E-state index is -2.87. The Balaban J connectivity index is 1.96. The van der Waals surface area contributed by atoms with Crippen LogP contribution in [0.25, 0.3) is 11.3 Å². The lowest BCUT2D eigenvalue weighted by Crippen LogP contribution is -2.13. The van der Waals surface area contributed by atoms with E-state index in [-0.39, 0.29) is 5.75 Å². The van der Waals surface area contributed by atoms with Crippen molar-refractivity contribution in [2.24, 2.45) is 10.1 Å². The molecule has 9 heteroatoms. The Morgan fingerprint density at radius 1 is 1.17 bits per heavy atom. The number of rotatable bonds is 8. The highest BCUT2D eigenvalue weighted by Gasteiger charge is 2.09. The molecule has 0 amide bonds. The molecule has 154 valence electrons. The van der Waals surface area contributed by atoms with Gasteiger partial charge in [-0.2, -0.15) is 19.1 Å². The molecule has 0 fully saturated rings. The summed E-state index contributed by atoms with van der Waals surface area (Å²) in [5, 5.41) is 15.4. The summed E-state index contributed by atoms with van der Waals surface area (Å²) in [5.41, 5.74) is 2.92. The maximum atomic E-state index is 12.4. The van der Waals surface area contributed by atoms with E-state index < -0.39 is 6.61 Å². The SMILES string of the molecule is COCCN=c1scc(-c2ccc(OC(F)F)cc2)n1/N=C\c1ccc(C#N)cc1. The van der Waals surface area contributed by atoms with Gasteiger partial charge in [0.2, 0.25) is 4.80 Å². The van der Waals surface area contributed by atoms with Gasteiger partial charge in [0.15, 0.2) is 0 Å². The predicted molar refractivity (Wildman–Crippen MR) is 111 cm³/mol. The molecule has 2 aromatic carbocycles. The van der Waals surface area contributed by atoms with Crippen molar-refractivity contribution < 1.29 is 18.3 Å². The summed E-state index contributed by atoms with van der Waals surface area (Å²) < 4.78 is 35.9. The van der Waals surface area contributed by atoms with Crippen LogP contribution in [0.5, 0.6) is 5.75 Å². The molecule has 0 aliphatic carbocycles. The minimum Gasteiger partial charge on any atom is -0.435 e. The number of thiazole rings is 1. The van der Waals surface area contributed by atoms with Gasteiger partial charge in [-0.1, -0.05) is 12.1 Å². The molecule has 1 aromatic heterocycles. The van der Waals surface area contributed by atoms with Gasteiger partial charge in [-0.05, 0) is 42.0 Å². The van der Waals surface area contributed by atoms with Gasteiger partial charge in [0.1, 0.15) is 5.75 Å². The zero-order valence-corrected chi connectivity index (χ0v) is 16.9. The van der Waals surface area contributed by atoms with Gasteiger partial charge in [0.25, 0.3) is 0 Å². The first-order valence-corrected chi connectivity index (χ1v) is 9.78. The third-order valence-electron chi connectivity index (χ3n) is 3.97. The molecular weight excluding hydrogens is 410 g/mol. The predicted octanol–water partition coefficient (Wildman–Crippen LogP) is 4.12. The average molecular weight is 428 g/mol. The minimum absolute atomic E-state index is 0.0848. The van der Waals surface area contributed by atoms with Crippen LogP contribution in [-0.4, -0.2) is 37.8 Å². The van der Waals surface area contributed by atoms with E-state index in [2.05, 4.69) is 20.9 Å².